The zero-order valence-corrected chi connectivity index (χ0v) is 11.2. The standard InChI is InChI=1S/C13H13ClN4O2/c14-11-5-6-12(18-17-11)16-13(20)10(15)7-8-1-3-9(19)4-2-8/h1-6,10,19H,7,15H2,(H,16,18,20)/t10-/m0/s1. The number of halogens is 1. The van der Waals surface area contributed by atoms with Gasteiger partial charge in [-0.15, -0.1) is 10.2 Å². The maximum absolute atomic E-state index is 11.9. The van der Waals surface area contributed by atoms with Gasteiger partial charge in [-0.1, -0.05) is 23.7 Å². The molecule has 0 aliphatic rings. The Bertz CT molecular complexity index is 586. The summed E-state index contributed by atoms with van der Waals surface area (Å²) in [4.78, 5) is 11.9. The number of carbonyl (C=O) groups excluding carboxylic acids is 1. The Hall–Kier alpha value is -2.18. The van der Waals surface area contributed by atoms with E-state index in [0.29, 0.717) is 12.2 Å². The highest BCUT2D eigenvalue weighted by Crippen LogP contribution is 2.11. The van der Waals surface area contributed by atoms with Gasteiger partial charge in [-0.3, -0.25) is 4.79 Å². The Balaban J connectivity index is 1.94. The molecule has 0 unspecified atom stereocenters. The number of anilines is 1. The summed E-state index contributed by atoms with van der Waals surface area (Å²) in [6, 6.07) is 8.86. The normalized spacial score (nSPS) is 11.9. The van der Waals surface area contributed by atoms with Crippen molar-refractivity contribution >= 4 is 23.3 Å². The number of phenolic OH excluding ortho intramolecular Hbond substituents is 1. The van der Waals surface area contributed by atoms with Crippen LogP contribution in [0.3, 0.4) is 0 Å². The lowest BCUT2D eigenvalue weighted by Crippen LogP contribution is -2.37. The van der Waals surface area contributed by atoms with Gasteiger partial charge in [-0.25, -0.2) is 0 Å². The molecular formula is C13H13ClN4O2. The lowest BCUT2D eigenvalue weighted by Gasteiger charge is -2.11. The number of nitrogens with two attached hydrogens (primary N) is 1. The van der Waals surface area contributed by atoms with Crippen LogP contribution < -0.4 is 11.1 Å². The van der Waals surface area contributed by atoms with Crippen molar-refractivity contribution in [3.05, 3.63) is 47.1 Å². The van der Waals surface area contributed by atoms with Crippen LogP contribution in [0.1, 0.15) is 5.56 Å². The van der Waals surface area contributed by atoms with Crippen LogP contribution in [0.2, 0.25) is 5.15 Å². The van der Waals surface area contributed by atoms with E-state index in [1.807, 2.05) is 0 Å². The van der Waals surface area contributed by atoms with Crippen LogP contribution in [0, 0.1) is 0 Å². The molecule has 2 aromatic rings. The van der Waals surface area contributed by atoms with Crippen LogP contribution in [-0.4, -0.2) is 27.3 Å². The van der Waals surface area contributed by atoms with Gasteiger partial charge in [0.05, 0.1) is 6.04 Å². The molecule has 1 aromatic carbocycles. The number of nitrogens with one attached hydrogen (secondary N) is 1. The quantitative estimate of drug-likeness (QED) is 0.789. The Morgan fingerprint density at radius 2 is 1.95 bits per heavy atom. The monoisotopic (exact) mass is 292 g/mol. The lowest BCUT2D eigenvalue weighted by molar-refractivity contribution is -0.117. The topological polar surface area (TPSA) is 101 Å². The Labute approximate surface area is 120 Å². The second kappa shape index (κ2) is 6.31. The summed E-state index contributed by atoms with van der Waals surface area (Å²) in [6.45, 7) is 0. The van der Waals surface area contributed by atoms with Gasteiger partial charge in [-0.2, -0.15) is 0 Å². The third kappa shape index (κ3) is 3.91. The minimum atomic E-state index is -0.725. The molecule has 2 rings (SSSR count). The molecule has 20 heavy (non-hydrogen) atoms. The largest absolute Gasteiger partial charge is 0.508 e. The molecule has 0 aliphatic heterocycles. The lowest BCUT2D eigenvalue weighted by atomic mass is 10.1. The molecule has 1 aromatic heterocycles. The molecule has 0 fully saturated rings. The number of hydrogen-bond donors (Lipinski definition) is 3. The highest BCUT2D eigenvalue weighted by atomic mass is 35.5. The van der Waals surface area contributed by atoms with Crippen LogP contribution in [-0.2, 0) is 11.2 Å². The number of aromatic nitrogens is 2. The second-order valence-electron chi connectivity index (χ2n) is 4.21. The molecule has 1 atom stereocenters. The van der Waals surface area contributed by atoms with Crippen LogP contribution in [0.4, 0.5) is 5.82 Å². The molecule has 0 bridgehead atoms. The first-order valence-electron chi connectivity index (χ1n) is 5.88. The first kappa shape index (κ1) is 14.2. The first-order valence-corrected chi connectivity index (χ1v) is 6.26. The summed E-state index contributed by atoms with van der Waals surface area (Å²) >= 11 is 5.60. The molecule has 6 nitrogen and oxygen atoms in total. The van der Waals surface area contributed by atoms with E-state index in [1.54, 1.807) is 30.3 Å². The van der Waals surface area contributed by atoms with E-state index in [0.717, 1.165) is 5.56 Å². The summed E-state index contributed by atoms with van der Waals surface area (Å²) in [5, 5.41) is 19.3. The van der Waals surface area contributed by atoms with Crippen molar-refractivity contribution in [3.63, 3.8) is 0 Å². The highest BCUT2D eigenvalue weighted by molar-refractivity contribution is 6.29. The number of carbonyl (C=O) groups is 1. The van der Waals surface area contributed by atoms with E-state index in [1.165, 1.54) is 6.07 Å². The van der Waals surface area contributed by atoms with Crippen LogP contribution >= 0.6 is 11.6 Å². The maximum atomic E-state index is 11.9. The van der Waals surface area contributed by atoms with Crippen molar-refractivity contribution in [1.82, 2.24) is 10.2 Å². The Morgan fingerprint density at radius 3 is 2.55 bits per heavy atom. The van der Waals surface area contributed by atoms with E-state index >= 15 is 0 Å². The number of rotatable bonds is 4. The van der Waals surface area contributed by atoms with Crippen molar-refractivity contribution < 1.29 is 9.90 Å². The van der Waals surface area contributed by atoms with Gasteiger partial charge < -0.3 is 16.2 Å². The molecule has 104 valence electrons. The van der Waals surface area contributed by atoms with E-state index in [9.17, 15) is 9.90 Å². The average Bonchev–Trinajstić information content (AvgIpc) is 2.44. The molecule has 0 saturated heterocycles. The zero-order chi connectivity index (χ0) is 14.5. The predicted octanol–water partition coefficient (Wildman–Crippen LogP) is 1.34. The molecule has 1 amide bonds. The predicted molar refractivity (Wildman–Crippen MR) is 75.5 cm³/mol. The number of nitrogens with zero attached hydrogens (tertiary/aromatic N) is 2. The summed E-state index contributed by atoms with van der Waals surface area (Å²) in [5.41, 5.74) is 6.67. The average molecular weight is 293 g/mol. The highest BCUT2D eigenvalue weighted by Gasteiger charge is 2.15. The van der Waals surface area contributed by atoms with Gasteiger partial charge in [-0.05, 0) is 36.2 Å². The van der Waals surface area contributed by atoms with Crippen LogP contribution in [0.25, 0.3) is 0 Å². The third-order valence-electron chi connectivity index (χ3n) is 2.61. The fraction of sp³-hybridized carbons (Fsp3) is 0.154. The van der Waals surface area contributed by atoms with Gasteiger partial charge >= 0.3 is 0 Å². The molecule has 4 N–H and O–H groups in total. The van der Waals surface area contributed by atoms with E-state index < -0.39 is 6.04 Å². The maximum Gasteiger partial charge on any atom is 0.242 e. The summed E-state index contributed by atoms with van der Waals surface area (Å²) < 4.78 is 0. The number of hydrogen-bond acceptors (Lipinski definition) is 5. The van der Waals surface area contributed by atoms with Crippen LogP contribution in [0.5, 0.6) is 5.75 Å². The molecule has 7 heteroatoms. The van der Waals surface area contributed by atoms with Crippen molar-refractivity contribution in [2.24, 2.45) is 5.73 Å². The van der Waals surface area contributed by atoms with Gasteiger partial charge in [0.2, 0.25) is 5.91 Å². The van der Waals surface area contributed by atoms with Gasteiger partial charge in [0.1, 0.15) is 5.75 Å². The Kier molecular flexibility index (Phi) is 4.49. The molecule has 0 saturated carbocycles. The van der Waals surface area contributed by atoms with Gasteiger partial charge in [0.15, 0.2) is 11.0 Å². The molecule has 1 heterocycles. The van der Waals surface area contributed by atoms with E-state index in [-0.39, 0.29) is 16.8 Å². The molecule has 0 spiro atoms. The van der Waals surface area contributed by atoms with Crippen molar-refractivity contribution in [2.75, 3.05) is 5.32 Å². The van der Waals surface area contributed by atoms with Crippen molar-refractivity contribution in [1.29, 1.82) is 0 Å². The molecule has 0 aliphatic carbocycles. The minimum absolute atomic E-state index is 0.170. The Morgan fingerprint density at radius 1 is 1.25 bits per heavy atom. The number of phenols is 1. The SMILES string of the molecule is N[C@@H](Cc1ccc(O)cc1)C(=O)Nc1ccc(Cl)nn1. The summed E-state index contributed by atoms with van der Waals surface area (Å²) in [5.74, 6) is 0.0958. The summed E-state index contributed by atoms with van der Waals surface area (Å²) in [6.07, 6.45) is 0.354. The molecular weight excluding hydrogens is 280 g/mol. The first-order chi connectivity index (χ1) is 9.54. The fourth-order valence-electron chi connectivity index (χ4n) is 1.58. The van der Waals surface area contributed by atoms with Gasteiger partial charge in [0.25, 0.3) is 0 Å². The second-order valence-corrected chi connectivity index (χ2v) is 4.59. The van der Waals surface area contributed by atoms with Crippen molar-refractivity contribution in [3.8, 4) is 5.75 Å². The molecule has 0 radical (unpaired) electrons. The third-order valence-corrected chi connectivity index (χ3v) is 2.81. The van der Waals surface area contributed by atoms with Crippen molar-refractivity contribution in [2.45, 2.75) is 12.5 Å². The minimum Gasteiger partial charge on any atom is -0.508 e. The van der Waals surface area contributed by atoms with Gasteiger partial charge in [0, 0.05) is 0 Å². The van der Waals surface area contributed by atoms with E-state index in [4.69, 9.17) is 17.3 Å². The number of aromatic hydroxyl groups is 1. The summed E-state index contributed by atoms with van der Waals surface area (Å²) in [7, 11) is 0. The number of benzene rings is 1. The fourth-order valence-corrected chi connectivity index (χ4v) is 1.68. The smallest absolute Gasteiger partial charge is 0.242 e. The number of amides is 1. The van der Waals surface area contributed by atoms with E-state index in [2.05, 4.69) is 15.5 Å². The zero-order valence-electron chi connectivity index (χ0n) is 10.5. The van der Waals surface area contributed by atoms with Crippen LogP contribution in [0.15, 0.2) is 36.4 Å².